The van der Waals surface area contributed by atoms with Crippen molar-refractivity contribution < 1.29 is 48.1 Å². The Labute approximate surface area is 425 Å². The normalized spacial score (nSPS) is 17.9. The molecule has 3 N–H and O–H groups in total. The summed E-state index contributed by atoms with van der Waals surface area (Å²) in [6.45, 7) is 7.04. The van der Waals surface area contributed by atoms with Crippen LogP contribution < -0.4 is 34.6 Å². The molecular weight excluding hydrogens is 925 g/mol. The van der Waals surface area contributed by atoms with E-state index >= 15 is 0 Å². The van der Waals surface area contributed by atoms with E-state index in [0.717, 1.165) is 28.1 Å². The molecule has 9 rings (SSSR count). The topological polar surface area (TPSA) is 181 Å². The summed E-state index contributed by atoms with van der Waals surface area (Å²) in [5, 5.41) is 17.2. The highest BCUT2D eigenvalue weighted by atomic mass is 16.5. The molecule has 0 fully saturated rings. The molecule has 73 heavy (non-hydrogen) atoms. The van der Waals surface area contributed by atoms with Crippen molar-refractivity contribution in [3.63, 3.8) is 0 Å². The molecule has 14 nitrogen and oxygen atoms in total. The maximum absolute atomic E-state index is 14.1. The van der Waals surface area contributed by atoms with Gasteiger partial charge in [0.05, 0.1) is 36.9 Å². The smallest absolute Gasteiger partial charge is 0.259 e. The van der Waals surface area contributed by atoms with Crippen molar-refractivity contribution in [3.05, 3.63) is 147 Å². The number of aryl methyl sites for hydroxylation is 1. The summed E-state index contributed by atoms with van der Waals surface area (Å²) in [5.74, 6) is -0.547. The molecule has 5 aromatic rings. The number of hydrogen-bond donors (Lipinski definition) is 3. The second-order valence-electron chi connectivity index (χ2n) is 19.7. The van der Waals surface area contributed by atoms with Crippen LogP contribution in [0.25, 0.3) is 6.08 Å². The fourth-order valence-electron chi connectivity index (χ4n) is 10.4. The Morgan fingerprint density at radius 2 is 1.40 bits per heavy atom. The first-order valence-electron chi connectivity index (χ1n) is 25.3. The number of nitrogens with zero attached hydrogens (tertiary/aromatic N) is 2. The molecule has 0 aliphatic carbocycles. The Balaban J connectivity index is 0.929. The van der Waals surface area contributed by atoms with Gasteiger partial charge in [-0.3, -0.25) is 28.8 Å². The number of methoxy groups -OCH3 is 1. The highest BCUT2D eigenvalue weighted by Gasteiger charge is 2.42. The molecule has 0 saturated heterocycles. The van der Waals surface area contributed by atoms with Gasteiger partial charge in [-0.05, 0) is 133 Å². The van der Waals surface area contributed by atoms with Crippen LogP contribution in [0.15, 0.2) is 97.1 Å². The third-order valence-electron chi connectivity index (χ3n) is 14.5. The summed E-state index contributed by atoms with van der Waals surface area (Å²) in [5.41, 5.74) is 8.77. The second kappa shape index (κ2) is 21.6. The Morgan fingerprint density at radius 1 is 0.740 bits per heavy atom. The number of ether oxygens (including phenoxy) is 3. The number of unbranched alkanes of at least 4 members (excludes halogenated alkanes) is 1. The minimum Gasteiger partial charge on any atom is -0.493 e. The zero-order chi connectivity index (χ0) is 51.5. The Morgan fingerprint density at radius 3 is 2.11 bits per heavy atom. The van der Waals surface area contributed by atoms with Gasteiger partial charge in [0.1, 0.15) is 24.7 Å². The van der Waals surface area contributed by atoms with Crippen LogP contribution in [0.5, 0.6) is 17.2 Å². The van der Waals surface area contributed by atoms with Crippen molar-refractivity contribution in [2.45, 2.75) is 123 Å². The lowest BCUT2D eigenvalue weighted by atomic mass is 9.96. The van der Waals surface area contributed by atoms with Crippen LogP contribution in [0, 0.1) is 12.8 Å². The summed E-state index contributed by atoms with van der Waals surface area (Å²) in [6.07, 6.45) is 6.87. The van der Waals surface area contributed by atoms with Crippen LogP contribution in [0.2, 0.25) is 0 Å². The average molecular weight is 987 g/mol. The second-order valence-corrected chi connectivity index (χ2v) is 19.7. The van der Waals surface area contributed by atoms with Gasteiger partial charge in [-0.15, -0.1) is 0 Å². The summed E-state index contributed by atoms with van der Waals surface area (Å²) in [7, 11) is 1.52. The molecule has 0 aromatic heterocycles. The van der Waals surface area contributed by atoms with E-state index in [9.17, 15) is 33.9 Å². The van der Waals surface area contributed by atoms with Crippen LogP contribution in [0.1, 0.15) is 119 Å². The SMILES string of the molecule is CCC(=O)CCCCC(=O)N[C@@H](C)C(=O)C[C@H](C)C(=O)Nc1cc(COc2cc3c(cc2C)C(=O)N2c4ccccc4C[C@H]2C(O)C3)cc(COc2cc3c(cc2OC)C(=O)N2c4ccccc4C[C@H]2C=C3)c1. The Kier molecular flexibility index (Phi) is 14.9. The Bertz CT molecular complexity index is 3040. The zero-order valence-corrected chi connectivity index (χ0v) is 42.0. The zero-order valence-electron chi connectivity index (χ0n) is 42.0. The summed E-state index contributed by atoms with van der Waals surface area (Å²) < 4.78 is 18.8. The van der Waals surface area contributed by atoms with Crippen LogP contribution in [0.4, 0.5) is 17.1 Å². The number of aliphatic hydroxyl groups is 1. The lowest BCUT2D eigenvalue weighted by Gasteiger charge is -2.26. The monoisotopic (exact) mass is 986 g/mol. The summed E-state index contributed by atoms with van der Waals surface area (Å²) in [4.78, 5) is 83.1. The number of carbonyl (C=O) groups is 6. The molecule has 0 saturated carbocycles. The van der Waals surface area contributed by atoms with Crippen molar-refractivity contribution in [1.29, 1.82) is 0 Å². The Hall–Kier alpha value is -7.58. The summed E-state index contributed by atoms with van der Waals surface area (Å²) in [6, 6.07) is 27.0. The molecule has 14 heteroatoms. The number of nitrogens with one attached hydrogen (secondary N) is 2. The van der Waals surface area contributed by atoms with Crippen molar-refractivity contribution in [2.24, 2.45) is 5.92 Å². The van der Waals surface area contributed by atoms with Crippen molar-refractivity contribution >= 4 is 58.3 Å². The van der Waals surface area contributed by atoms with E-state index in [1.807, 2.05) is 97.6 Å². The fourth-order valence-corrected chi connectivity index (χ4v) is 10.4. The predicted octanol–water partition coefficient (Wildman–Crippen LogP) is 8.83. The van der Waals surface area contributed by atoms with Gasteiger partial charge in [0.15, 0.2) is 17.3 Å². The molecule has 4 aliphatic rings. The lowest BCUT2D eigenvalue weighted by Crippen LogP contribution is -2.43. The molecule has 0 bridgehead atoms. The van der Waals surface area contributed by atoms with Gasteiger partial charge in [-0.25, -0.2) is 0 Å². The largest absolute Gasteiger partial charge is 0.493 e. The first kappa shape index (κ1) is 50.4. The number of aliphatic hydroxyl groups excluding tert-OH is 1. The van der Waals surface area contributed by atoms with Gasteiger partial charge < -0.3 is 39.8 Å². The van der Waals surface area contributed by atoms with Crippen molar-refractivity contribution in [3.8, 4) is 17.2 Å². The van der Waals surface area contributed by atoms with E-state index in [2.05, 4.69) is 10.6 Å². The average Bonchev–Trinajstić information content (AvgIpc) is 3.90. The molecule has 4 heterocycles. The number of ketones is 2. The highest BCUT2D eigenvalue weighted by molar-refractivity contribution is 6.12. The lowest BCUT2D eigenvalue weighted by molar-refractivity contribution is -0.129. The van der Waals surface area contributed by atoms with Gasteiger partial charge in [-0.2, -0.15) is 0 Å². The van der Waals surface area contributed by atoms with Gasteiger partial charge in [-0.1, -0.05) is 62.4 Å². The maximum atomic E-state index is 14.1. The molecule has 0 radical (unpaired) electrons. The number of benzene rings is 5. The third kappa shape index (κ3) is 10.8. The number of amides is 4. The minimum absolute atomic E-state index is 0.0322. The van der Waals surface area contributed by atoms with E-state index in [0.29, 0.717) is 94.8 Å². The predicted molar refractivity (Wildman–Crippen MR) is 278 cm³/mol. The summed E-state index contributed by atoms with van der Waals surface area (Å²) >= 11 is 0. The van der Waals surface area contributed by atoms with Crippen LogP contribution in [-0.2, 0) is 51.7 Å². The van der Waals surface area contributed by atoms with Gasteiger partial charge >= 0.3 is 0 Å². The molecule has 5 atom stereocenters. The number of para-hydroxylation sites is 2. The standard InChI is InChI=1S/C59H62N4O10/c1-6-45(64)15-9-12-18-56(67)60-36(4)51(65)22-35(3)57(68)61-43-24-37(32-72-53-30-42-28-52(66)50-27-41-14-8-11-17-49(41)63(50)59(70)46(42)21-34(53)2)23-38(25-43)33-73-55-29-39-19-20-44-26-40-13-7-10-16-48(40)62(44)58(69)47(39)31-54(55)71-5/h7-8,10-11,13-14,16-17,19-21,23-25,29-31,35-36,44,50,52,66H,6,9,12,15,18,22,26-28,32-33H2,1-5H3,(H,60,67)(H,61,68)/t35-,36-,44+,50-,52?/m0/s1. The van der Waals surface area contributed by atoms with Crippen molar-refractivity contribution in [2.75, 3.05) is 22.2 Å². The third-order valence-corrected chi connectivity index (χ3v) is 14.5. The van der Waals surface area contributed by atoms with Crippen LogP contribution in [0.3, 0.4) is 0 Å². The highest BCUT2D eigenvalue weighted by Crippen LogP contribution is 2.41. The molecular formula is C59H62N4O10. The molecule has 1 unspecified atom stereocenters. The van der Waals surface area contributed by atoms with E-state index in [1.54, 1.807) is 43.0 Å². The first-order chi connectivity index (χ1) is 35.2. The minimum atomic E-state index is -0.802. The van der Waals surface area contributed by atoms with E-state index in [4.69, 9.17) is 14.2 Å². The van der Waals surface area contributed by atoms with E-state index in [-0.39, 0.29) is 73.8 Å². The van der Waals surface area contributed by atoms with Gasteiger partial charge in [0.25, 0.3) is 11.8 Å². The van der Waals surface area contributed by atoms with Crippen molar-refractivity contribution in [1.82, 2.24) is 5.32 Å². The maximum Gasteiger partial charge on any atom is 0.259 e. The quantitative estimate of drug-likeness (QED) is 0.0677. The van der Waals surface area contributed by atoms with Crippen LogP contribution >= 0.6 is 0 Å². The van der Waals surface area contributed by atoms with Gasteiger partial charge in [0, 0.05) is 60.6 Å². The number of anilines is 3. The molecule has 4 amide bonds. The number of rotatable bonds is 19. The number of hydrogen-bond acceptors (Lipinski definition) is 10. The number of fused-ring (bicyclic) bond motifs is 8. The molecule has 0 spiro atoms. The van der Waals surface area contributed by atoms with Crippen LogP contribution in [-0.4, -0.2) is 71.6 Å². The molecule has 5 aromatic carbocycles. The molecule has 378 valence electrons. The first-order valence-corrected chi connectivity index (χ1v) is 25.3. The number of carbonyl (C=O) groups excluding carboxylic acids is 6. The van der Waals surface area contributed by atoms with E-state index in [1.165, 1.54) is 7.11 Å². The fraction of sp³-hybridized carbons (Fsp3) is 0.356. The van der Waals surface area contributed by atoms with E-state index < -0.39 is 24.0 Å². The van der Waals surface area contributed by atoms with Gasteiger partial charge in [0.2, 0.25) is 11.8 Å². The molecule has 4 aliphatic heterocycles. The number of Topliss-reactive ketones (excluding diaryl/α,β-unsaturated/α-hetero) is 2.